The summed E-state index contributed by atoms with van der Waals surface area (Å²) in [5, 5.41) is 5.82. The topological polar surface area (TPSA) is 138 Å². The quantitative estimate of drug-likeness (QED) is 0.225. The van der Waals surface area contributed by atoms with Gasteiger partial charge >= 0.3 is 5.92 Å². The van der Waals surface area contributed by atoms with E-state index in [-0.39, 0.29) is 53.1 Å². The van der Waals surface area contributed by atoms with Gasteiger partial charge in [0.1, 0.15) is 30.1 Å². The molecule has 13 nitrogen and oxygen atoms in total. The van der Waals surface area contributed by atoms with E-state index in [0.717, 1.165) is 43.4 Å². The Morgan fingerprint density at radius 3 is 2.54 bits per heavy atom. The first-order valence-electron chi connectivity index (χ1n) is 16.2. The third-order valence-corrected chi connectivity index (χ3v) is 8.95. The van der Waals surface area contributed by atoms with Crippen molar-refractivity contribution in [2.75, 3.05) is 81.9 Å². The van der Waals surface area contributed by atoms with Crippen LogP contribution in [-0.2, 0) is 19.1 Å². The summed E-state index contributed by atoms with van der Waals surface area (Å²) in [4.78, 5) is 49.3. The van der Waals surface area contributed by atoms with Gasteiger partial charge in [-0.3, -0.25) is 9.59 Å². The number of alkyl halides is 2. The Morgan fingerprint density at radius 1 is 1.10 bits per heavy atom. The van der Waals surface area contributed by atoms with Gasteiger partial charge in [-0.25, -0.2) is 9.37 Å². The molecule has 3 aliphatic rings. The number of amides is 2. The van der Waals surface area contributed by atoms with E-state index in [0.29, 0.717) is 51.8 Å². The number of methoxy groups -OCH3 is 1. The number of halogens is 3. The fraction of sp³-hybridized carbons (Fsp3) is 0.594. The van der Waals surface area contributed by atoms with Crippen LogP contribution in [0.5, 0.6) is 5.75 Å². The van der Waals surface area contributed by atoms with Gasteiger partial charge < -0.3 is 44.3 Å². The number of piperidine rings is 1. The van der Waals surface area contributed by atoms with Gasteiger partial charge in [-0.1, -0.05) is 12.8 Å². The molecule has 0 atom stereocenters. The van der Waals surface area contributed by atoms with E-state index in [1.54, 1.807) is 0 Å². The zero-order chi connectivity index (χ0) is 34.3. The number of hydrogen-bond donors (Lipinski definition) is 2. The summed E-state index contributed by atoms with van der Waals surface area (Å²) in [6, 6.07) is 2.05. The largest absolute Gasteiger partial charge is 0.495 e. The highest BCUT2D eigenvalue weighted by molar-refractivity contribution is 6.02. The van der Waals surface area contributed by atoms with E-state index in [1.807, 2.05) is 0 Å². The summed E-state index contributed by atoms with van der Waals surface area (Å²) >= 11 is 0. The number of rotatable bonds is 14. The Balaban J connectivity index is 1.23. The van der Waals surface area contributed by atoms with Crippen LogP contribution >= 0.6 is 0 Å². The average molecular weight is 678 g/mol. The van der Waals surface area contributed by atoms with Crippen LogP contribution in [0.25, 0.3) is 0 Å². The lowest BCUT2D eigenvalue weighted by Crippen LogP contribution is -2.48. The summed E-state index contributed by atoms with van der Waals surface area (Å²) in [6.07, 6.45) is 6.51. The summed E-state index contributed by atoms with van der Waals surface area (Å²) < 4.78 is 61.3. The van der Waals surface area contributed by atoms with E-state index in [1.165, 1.54) is 31.3 Å². The van der Waals surface area contributed by atoms with Gasteiger partial charge in [0.05, 0.1) is 50.9 Å². The van der Waals surface area contributed by atoms with Crippen molar-refractivity contribution in [1.82, 2.24) is 20.2 Å². The Labute approximate surface area is 277 Å². The summed E-state index contributed by atoms with van der Waals surface area (Å²) in [7, 11) is 2.64. The molecule has 2 fully saturated rings. The first-order chi connectivity index (χ1) is 23.1. The molecule has 1 saturated heterocycles. The zero-order valence-electron chi connectivity index (χ0n) is 27.2. The fourth-order valence-corrected chi connectivity index (χ4v) is 6.33. The minimum atomic E-state index is -3.62. The van der Waals surface area contributed by atoms with Gasteiger partial charge in [0, 0.05) is 44.8 Å². The molecule has 5 rings (SSSR count). The van der Waals surface area contributed by atoms with Crippen molar-refractivity contribution < 1.29 is 41.8 Å². The second kappa shape index (κ2) is 15.9. The van der Waals surface area contributed by atoms with E-state index in [4.69, 9.17) is 14.2 Å². The van der Waals surface area contributed by atoms with Crippen LogP contribution in [0.15, 0.2) is 18.3 Å². The van der Waals surface area contributed by atoms with Crippen molar-refractivity contribution in [3.8, 4) is 5.75 Å². The number of ether oxygens (including phenoxy) is 3. The van der Waals surface area contributed by atoms with Gasteiger partial charge in [0.2, 0.25) is 5.95 Å². The van der Waals surface area contributed by atoms with E-state index in [2.05, 4.69) is 25.5 Å². The first-order valence-corrected chi connectivity index (χ1v) is 16.2. The Kier molecular flexibility index (Phi) is 11.7. The van der Waals surface area contributed by atoms with Crippen LogP contribution in [0.2, 0.25) is 0 Å². The Morgan fingerprint density at radius 2 is 1.83 bits per heavy atom. The van der Waals surface area contributed by atoms with E-state index >= 15 is 4.39 Å². The molecular weight excluding hydrogens is 635 g/mol. The second-order valence-electron chi connectivity index (χ2n) is 12.1. The van der Waals surface area contributed by atoms with Crippen LogP contribution in [-0.4, -0.2) is 118 Å². The fourth-order valence-electron chi connectivity index (χ4n) is 6.33. The number of nitrogens with one attached hydrogen (secondary N) is 2. The number of aromatic nitrogens is 2. The van der Waals surface area contributed by atoms with Crippen LogP contribution in [0.1, 0.15) is 48.9 Å². The number of fused-ring (bicyclic) bond motifs is 1. The monoisotopic (exact) mass is 677 g/mol. The van der Waals surface area contributed by atoms with Gasteiger partial charge in [0.25, 0.3) is 11.8 Å². The molecular formula is C32H42F3N7O6. The molecule has 2 aliphatic heterocycles. The SMILES string of the molecule is COc1cc(C(=O)NC2CCN(CCOCCOCC=O)CC2)c(F)cc1Nc1ncc2c(n1)N(C1CCCC1)CC(F)(F)C(=O)N2C. The van der Waals surface area contributed by atoms with E-state index < -0.39 is 30.1 Å². The molecule has 0 unspecified atom stereocenters. The Bertz CT molecular complexity index is 1450. The summed E-state index contributed by atoms with van der Waals surface area (Å²) in [6.45, 7) is 2.74. The van der Waals surface area contributed by atoms with Crippen molar-refractivity contribution >= 4 is 41.2 Å². The lowest BCUT2D eigenvalue weighted by molar-refractivity contribution is -0.140. The number of hydrogen-bond acceptors (Lipinski definition) is 11. The molecule has 0 bridgehead atoms. The zero-order valence-corrected chi connectivity index (χ0v) is 27.2. The Hall–Kier alpha value is -4.02. The summed E-state index contributed by atoms with van der Waals surface area (Å²) in [5.41, 5.74) is 0.0900. The smallest absolute Gasteiger partial charge is 0.342 e. The van der Waals surface area contributed by atoms with Crippen LogP contribution in [0.3, 0.4) is 0 Å². The molecule has 16 heteroatoms. The average Bonchev–Trinajstić information content (AvgIpc) is 3.60. The molecule has 0 radical (unpaired) electrons. The molecule has 2 aromatic rings. The predicted molar refractivity (Wildman–Crippen MR) is 171 cm³/mol. The standard InChI is InChI=1S/C32H42F3N7O6/c1-40-26-19-36-31(39-28(26)42(22-5-3-4-6-22)20-32(34,35)30(40)45)38-25-18-24(33)23(17-27(25)46-2)29(44)37-21-7-9-41(10-8-21)11-13-47-15-16-48-14-12-43/h12,17-19,21-22H,3-11,13-16,20H2,1-2H3,(H,37,44)(H,36,38,39). The first kappa shape index (κ1) is 35.3. The lowest BCUT2D eigenvalue weighted by atomic mass is 10.0. The maximum absolute atomic E-state index is 15.4. The molecule has 1 aromatic carbocycles. The van der Waals surface area contributed by atoms with Crippen molar-refractivity contribution in [3.05, 3.63) is 29.7 Å². The highest BCUT2D eigenvalue weighted by Gasteiger charge is 2.48. The molecule has 2 amide bonds. The minimum absolute atomic E-state index is 0.0129. The van der Waals surface area contributed by atoms with Crippen molar-refractivity contribution in [2.45, 2.75) is 56.5 Å². The lowest BCUT2D eigenvalue weighted by Gasteiger charge is -2.32. The number of benzene rings is 1. The number of carbonyl (C=O) groups is 3. The van der Waals surface area contributed by atoms with Crippen molar-refractivity contribution in [3.63, 3.8) is 0 Å². The molecule has 2 N–H and O–H groups in total. The van der Waals surface area contributed by atoms with Gasteiger partial charge in [-0.05, 0) is 31.7 Å². The number of carbonyl (C=O) groups excluding carboxylic acids is 3. The molecule has 1 saturated carbocycles. The van der Waals surface area contributed by atoms with Crippen molar-refractivity contribution in [2.24, 2.45) is 0 Å². The third kappa shape index (κ3) is 8.33. The maximum Gasteiger partial charge on any atom is 0.342 e. The molecule has 1 aliphatic carbocycles. The van der Waals surface area contributed by atoms with Gasteiger partial charge in [-0.2, -0.15) is 13.8 Å². The number of anilines is 4. The molecule has 1 aromatic heterocycles. The molecule has 48 heavy (non-hydrogen) atoms. The number of aldehydes is 1. The maximum atomic E-state index is 15.4. The highest BCUT2D eigenvalue weighted by Crippen LogP contribution is 2.40. The number of likely N-dealkylation sites (tertiary alicyclic amines) is 1. The van der Waals surface area contributed by atoms with Gasteiger partial charge in [-0.15, -0.1) is 0 Å². The normalized spacial score (nSPS) is 18.8. The van der Waals surface area contributed by atoms with Crippen LogP contribution < -0.4 is 25.2 Å². The molecule has 0 spiro atoms. The summed E-state index contributed by atoms with van der Waals surface area (Å²) in [5.74, 6) is -6.00. The molecule has 262 valence electrons. The van der Waals surface area contributed by atoms with Crippen LogP contribution in [0.4, 0.5) is 36.3 Å². The predicted octanol–water partition coefficient (Wildman–Crippen LogP) is 3.15. The van der Waals surface area contributed by atoms with Crippen molar-refractivity contribution in [1.29, 1.82) is 0 Å². The minimum Gasteiger partial charge on any atom is -0.495 e. The van der Waals surface area contributed by atoms with Crippen LogP contribution in [0, 0.1) is 5.82 Å². The van der Waals surface area contributed by atoms with E-state index in [9.17, 15) is 23.2 Å². The second-order valence-corrected chi connectivity index (χ2v) is 12.1. The molecule has 3 heterocycles. The van der Waals surface area contributed by atoms with Gasteiger partial charge in [0.15, 0.2) is 5.82 Å². The highest BCUT2D eigenvalue weighted by atomic mass is 19.3. The third-order valence-electron chi connectivity index (χ3n) is 8.95. The number of nitrogens with zero attached hydrogens (tertiary/aromatic N) is 5.